The van der Waals surface area contributed by atoms with Crippen molar-refractivity contribution < 1.29 is 20.1 Å². The fourth-order valence-electron chi connectivity index (χ4n) is 9.57. The van der Waals surface area contributed by atoms with Crippen LogP contribution in [0, 0.1) is 0 Å². The van der Waals surface area contributed by atoms with Gasteiger partial charge in [0.25, 0.3) is 0 Å². The number of carbonyl (C=O) groups is 1. The molecule has 0 saturated carbocycles. The van der Waals surface area contributed by atoms with Crippen molar-refractivity contribution in [3.63, 3.8) is 0 Å². The molecule has 0 spiro atoms. The first-order valence-electron chi connectivity index (χ1n) is 29.5. The summed E-state index contributed by atoms with van der Waals surface area (Å²) in [5, 5.41) is 33.8. The molecule has 3 unspecified atom stereocenters. The highest BCUT2D eigenvalue weighted by Gasteiger charge is 2.26. The summed E-state index contributed by atoms with van der Waals surface area (Å²) in [4.78, 5) is 12.5. The summed E-state index contributed by atoms with van der Waals surface area (Å²) >= 11 is 0. The fraction of sp³-hybridized carbons (Fsp3) is 0.949. The highest BCUT2D eigenvalue weighted by molar-refractivity contribution is 5.76. The Labute approximate surface area is 401 Å². The largest absolute Gasteiger partial charge is 0.394 e. The van der Waals surface area contributed by atoms with Crippen LogP contribution in [-0.2, 0) is 4.79 Å². The molecule has 0 aliphatic heterocycles. The molecule has 0 heterocycles. The minimum absolute atomic E-state index is 0.138. The van der Waals surface area contributed by atoms with E-state index in [4.69, 9.17) is 0 Å². The van der Waals surface area contributed by atoms with Crippen LogP contribution < -0.4 is 5.32 Å². The average molecular weight is 905 g/mol. The predicted octanol–water partition coefficient (Wildman–Crippen LogP) is 18.3. The van der Waals surface area contributed by atoms with E-state index in [9.17, 15) is 20.1 Å². The number of hydrogen-bond acceptors (Lipinski definition) is 4. The number of amides is 1. The topological polar surface area (TPSA) is 89.8 Å². The summed E-state index contributed by atoms with van der Waals surface area (Å²) in [7, 11) is 0. The Morgan fingerprint density at radius 2 is 0.625 bits per heavy atom. The van der Waals surface area contributed by atoms with Crippen LogP contribution in [0.25, 0.3) is 0 Å². The Morgan fingerprint density at radius 1 is 0.375 bits per heavy atom. The molecule has 0 aromatic rings. The van der Waals surface area contributed by atoms with Crippen LogP contribution in [0.4, 0.5) is 0 Å². The highest BCUT2D eigenvalue weighted by Crippen LogP contribution is 2.18. The lowest BCUT2D eigenvalue weighted by molar-refractivity contribution is -0.124. The molecule has 0 bridgehead atoms. The van der Waals surface area contributed by atoms with Gasteiger partial charge in [0.05, 0.1) is 18.8 Å². The van der Waals surface area contributed by atoms with E-state index in [1.165, 1.54) is 276 Å². The monoisotopic (exact) mass is 904 g/mol. The van der Waals surface area contributed by atoms with E-state index in [0.717, 1.165) is 32.1 Å². The fourth-order valence-corrected chi connectivity index (χ4v) is 9.57. The Balaban J connectivity index is 3.49. The second-order valence-corrected chi connectivity index (χ2v) is 20.6. The van der Waals surface area contributed by atoms with Gasteiger partial charge in [-0.1, -0.05) is 302 Å². The Hall–Kier alpha value is -0.910. The lowest BCUT2D eigenvalue weighted by atomic mass is 9.99. The second-order valence-electron chi connectivity index (χ2n) is 20.6. The van der Waals surface area contributed by atoms with Crippen molar-refractivity contribution in [1.82, 2.24) is 5.32 Å². The molecule has 0 aliphatic carbocycles. The van der Waals surface area contributed by atoms with E-state index in [1.54, 1.807) is 0 Å². The van der Waals surface area contributed by atoms with Gasteiger partial charge in [0.15, 0.2) is 0 Å². The van der Waals surface area contributed by atoms with Gasteiger partial charge in [-0.2, -0.15) is 0 Å². The molecule has 1 amide bonds. The van der Waals surface area contributed by atoms with Gasteiger partial charge in [0.1, 0.15) is 6.10 Å². The number of allylic oxidation sites excluding steroid dienone is 2. The number of aliphatic hydroxyl groups excluding tert-OH is 3. The molecule has 3 atom stereocenters. The first kappa shape index (κ1) is 63.1. The van der Waals surface area contributed by atoms with E-state index in [1.807, 2.05) is 0 Å². The van der Waals surface area contributed by atoms with Gasteiger partial charge in [-0.3, -0.25) is 4.79 Å². The third kappa shape index (κ3) is 49.0. The normalized spacial score (nSPS) is 13.3. The third-order valence-corrected chi connectivity index (χ3v) is 14.1. The van der Waals surface area contributed by atoms with Gasteiger partial charge >= 0.3 is 0 Å². The van der Waals surface area contributed by atoms with Crippen molar-refractivity contribution in [3.8, 4) is 0 Å². The summed E-state index contributed by atoms with van der Waals surface area (Å²) in [6.45, 7) is 4.22. The number of unbranched alkanes of at least 4 members (excludes halogenated alkanes) is 45. The summed E-state index contributed by atoms with van der Waals surface area (Å²) in [5.41, 5.74) is 0. The molecule has 5 heteroatoms. The van der Waals surface area contributed by atoms with Crippen LogP contribution in [0.5, 0.6) is 0 Å². The van der Waals surface area contributed by atoms with Crippen LogP contribution >= 0.6 is 0 Å². The molecule has 0 aromatic carbocycles. The third-order valence-electron chi connectivity index (χ3n) is 14.1. The Kier molecular flexibility index (Phi) is 53.9. The van der Waals surface area contributed by atoms with Gasteiger partial charge in [-0.25, -0.2) is 0 Å². The molecule has 4 N–H and O–H groups in total. The molecule has 5 nitrogen and oxygen atoms in total. The lowest BCUT2D eigenvalue weighted by Gasteiger charge is -2.26. The van der Waals surface area contributed by atoms with Crippen molar-refractivity contribution in [1.29, 1.82) is 0 Å². The summed E-state index contributed by atoms with van der Waals surface area (Å²) in [6, 6.07) is -0.807. The molecular formula is C59H117NO4. The maximum atomic E-state index is 12.5. The minimum Gasteiger partial charge on any atom is -0.394 e. The maximum absolute atomic E-state index is 12.5. The van der Waals surface area contributed by atoms with Crippen LogP contribution in [0.1, 0.15) is 335 Å². The van der Waals surface area contributed by atoms with Crippen molar-refractivity contribution >= 4 is 5.91 Å². The second kappa shape index (κ2) is 54.7. The van der Waals surface area contributed by atoms with E-state index in [0.29, 0.717) is 12.8 Å². The van der Waals surface area contributed by atoms with Gasteiger partial charge in [-0.15, -0.1) is 0 Å². The van der Waals surface area contributed by atoms with E-state index < -0.39 is 18.2 Å². The first-order valence-corrected chi connectivity index (χ1v) is 29.5. The Morgan fingerprint density at radius 3 is 0.906 bits per heavy atom. The number of carbonyl (C=O) groups excluding carboxylic acids is 1. The summed E-state index contributed by atoms with van der Waals surface area (Å²) in [6.07, 6.45) is 68.0. The highest BCUT2D eigenvalue weighted by atomic mass is 16.3. The average Bonchev–Trinajstić information content (AvgIpc) is 3.30. The Bertz CT molecular complexity index is 909. The quantitative estimate of drug-likeness (QED) is 0.0362. The van der Waals surface area contributed by atoms with E-state index in [-0.39, 0.29) is 12.5 Å². The van der Waals surface area contributed by atoms with Crippen molar-refractivity contribution in [2.75, 3.05) is 6.61 Å². The molecule has 64 heavy (non-hydrogen) atoms. The molecule has 0 rings (SSSR count). The van der Waals surface area contributed by atoms with Crippen molar-refractivity contribution in [3.05, 3.63) is 12.2 Å². The lowest BCUT2D eigenvalue weighted by Crippen LogP contribution is -2.50. The minimum atomic E-state index is -1.13. The molecule has 0 aromatic heterocycles. The van der Waals surface area contributed by atoms with Crippen LogP contribution in [0.3, 0.4) is 0 Å². The van der Waals surface area contributed by atoms with E-state index >= 15 is 0 Å². The molecule has 0 fully saturated rings. The standard InChI is InChI=1S/C59H117NO4/c1-3-5-7-9-11-13-15-17-19-21-23-25-26-27-28-29-30-31-32-33-34-36-38-40-42-44-46-48-50-52-54-58(63)60-56(55-61)59(64)57(62)53-51-49-47-45-43-41-39-37-35-24-22-20-18-16-14-12-10-8-6-4-2/h27-28,56-57,59,61-62,64H,3-26,29-55H2,1-2H3,(H,60,63)/b28-27-. The zero-order valence-electron chi connectivity index (χ0n) is 43.7. The smallest absolute Gasteiger partial charge is 0.220 e. The molecule has 0 aliphatic rings. The zero-order chi connectivity index (χ0) is 46.5. The van der Waals surface area contributed by atoms with Crippen LogP contribution in [0.2, 0.25) is 0 Å². The zero-order valence-corrected chi connectivity index (χ0v) is 43.7. The van der Waals surface area contributed by atoms with Gasteiger partial charge < -0.3 is 20.6 Å². The number of hydrogen-bond donors (Lipinski definition) is 4. The first-order chi connectivity index (χ1) is 31.6. The van der Waals surface area contributed by atoms with Crippen molar-refractivity contribution in [2.24, 2.45) is 0 Å². The molecule has 0 saturated heterocycles. The molecule has 0 radical (unpaired) electrons. The molecular weight excluding hydrogens is 787 g/mol. The SMILES string of the molecule is CCCCCCCCCCCCCC/C=C\CCCCCCCCCCCCCCCCC(=O)NC(CO)C(O)C(O)CCCCCCCCCCCCCCCCCCCCCC. The van der Waals surface area contributed by atoms with Gasteiger partial charge in [0, 0.05) is 6.42 Å². The van der Waals surface area contributed by atoms with Crippen LogP contribution in [-0.4, -0.2) is 46.1 Å². The molecule has 382 valence electrons. The number of rotatable bonds is 55. The van der Waals surface area contributed by atoms with E-state index in [2.05, 4.69) is 31.3 Å². The van der Waals surface area contributed by atoms with Gasteiger partial charge in [-0.05, 0) is 38.5 Å². The number of nitrogens with one attached hydrogen (secondary N) is 1. The van der Waals surface area contributed by atoms with Crippen LogP contribution in [0.15, 0.2) is 12.2 Å². The summed E-state index contributed by atoms with van der Waals surface area (Å²) < 4.78 is 0. The predicted molar refractivity (Wildman–Crippen MR) is 282 cm³/mol. The maximum Gasteiger partial charge on any atom is 0.220 e. The number of aliphatic hydroxyl groups is 3. The van der Waals surface area contributed by atoms with Gasteiger partial charge in [0.2, 0.25) is 5.91 Å². The summed E-state index contributed by atoms with van der Waals surface area (Å²) in [5.74, 6) is -0.138. The van der Waals surface area contributed by atoms with Crippen molar-refractivity contribution in [2.45, 2.75) is 353 Å².